The quantitative estimate of drug-likeness (QED) is 0.782. The summed E-state index contributed by atoms with van der Waals surface area (Å²) < 4.78 is 0. The monoisotopic (exact) mass is 216 g/mol. The van der Waals surface area contributed by atoms with Crippen molar-refractivity contribution in [3.8, 4) is 0 Å². The molecule has 0 aromatic heterocycles. The second kappa shape index (κ2) is 5.54. The van der Waals surface area contributed by atoms with E-state index >= 15 is 0 Å². The van der Waals surface area contributed by atoms with Gasteiger partial charge >= 0.3 is 0 Å². The van der Waals surface area contributed by atoms with E-state index < -0.39 is 0 Å². The van der Waals surface area contributed by atoms with Crippen molar-refractivity contribution in [2.75, 3.05) is 13.1 Å². The molecule has 2 atom stereocenters. The first-order valence-electron chi connectivity index (χ1n) is 5.00. The Morgan fingerprint density at radius 1 is 1.29 bits per heavy atom. The first-order chi connectivity index (χ1) is 6.11. The summed E-state index contributed by atoms with van der Waals surface area (Å²) in [5, 5.41) is 0. The fourth-order valence-electron chi connectivity index (χ4n) is 1.87. The van der Waals surface area contributed by atoms with Gasteiger partial charge in [0.2, 0.25) is 0 Å². The zero-order chi connectivity index (χ0) is 9.90. The molecule has 0 saturated heterocycles. The van der Waals surface area contributed by atoms with Gasteiger partial charge in [0, 0.05) is 6.04 Å². The lowest BCUT2D eigenvalue weighted by Crippen LogP contribution is -2.55. The largest absolute Gasteiger partial charge is 0.321 e. The summed E-state index contributed by atoms with van der Waals surface area (Å²) in [6, 6.07) is 0.340. The molecule has 0 radical (unpaired) electrons. The van der Waals surface area contributed by atoms with E-state index in [1.165, 1.54) is 0 Å². The van der Waals surface area contributed by atoms with Gasteiger partial charge in [-0.2, -0.15) is 0 Å². The lowest BCUT2D eigenvalue weighted by Gasteiger charge is -2.39. The minimum Gasteiger partial charge on any atom is -0.321 e. The molecule has 2 N–H and O–H groups in total. The maximum absolute atomic E-state index is 6.19. The lowest BCUT2D eigenvalue weighted by atomic mass is 9.88. The molecule has 0 aliphatic heterocycles. The molecule has 82 valence electrons. The third-order valence-corrected chi connectivity index (χ3v) is 2.70. The Labute approximate surface area is 93.3 Å². The van der Waals surface area contributed by atoms with Crippen molar-refractivity contribution < 1.29 is 0 Å². The standard InChI is InChI=1S/C11H20N2.ClH/c1-4-13(5-2)10-8-6-7-9-11(10,3)12;/h6-10H,4-5,12H2,1-3H3;1H. The average molecular weight is 217 g/mol. The summed E-state index contributed by atoms with van der Waals surface area (Å²) >= 11 is 0. The summed E-state index contributed by atoms with van der Waals surface area (Å²) in [6.45, 7) is 8.52. The van der Waals surface area contributed by atoms with Gasteiger partial charge in [0.1, 0.15) is 0 Å². The van der Waals surface area contributed by atoms with Crippen LogP contribution in [0, 0.1) is 0 Å². The molecular formula is C11H21ClN2. The molecule has 0 spiro atoms. The van der Waals surface area contributed by atoms with Crippen LogP contribution in [-0.4, -0.2) is 29.6 Å². The predicted octanol–water partition coefficient (Wildman–Crippen LogP) is 1.96. The SMILES string of the molecule is CCN(CC)C1C=CC=CC1(C)N.Cl. The molecule has 0 saturated carbocycles. The lowest BCUT2D eigenvalue weighted by molar-refractivity contribution is 0.200. The van der Waals surface area contributed by atoms with Crippen molar-refractivity contribution in [1.82, 2.24) is 4.90 Å². The third-order valence-electron chi connectivity index (χ3n) is 2.70. The molecule has 0 amide bonds. The van der Waals surface area contributed by atoms with Gasteiger partial charge < -0.3 is 5.73 Å². The van der Waals surface area contributed by atoms with Crippen LogP contribution in [-0.2, 0) is 0 Å². The Morgan fingerprint density at radius 2 is 1.86 bits per heavy atom. The van der Waals surface area contributed by atoms with Crippen molar-refractivity contribution in [1.29, 1.82) is 0 Å². The Hall–Kier alpha value is -0.310. The highest BCUT2D eigenvalue weighted by Crippen LogP contribution is 2.19. The normalized spacial score (nSPS) is 30.5. The van der Waals surface area contributed by atoms with Crippen LogP contribution in [0.3, 0.4) is 0 Å². The van der Waals surface area contributed by atoms with Gasteiger partial charge in [-0.15, -0.1) is 12.4 Å². The van der Waals surface area contributed by atoms with Crippen LogP contribution in [0.4, 0.5) is 0 Å². The highest BCUT2D eigenvalue weighted by molar-refractivity contribution is 5.85. The molecule has 2 unspecified atom stereocenters. The zero-order valence-electron chi connectivity index (χ0n) is 9.23. The fraction of sp³-hybridized carbons (Fsp3) is 0.636. The molecular weight excluding hydrogens is 196 g/mol. The summed E-state index contributed by atoms with van der Waals surface area (Å²) in [6.07, 6.45) is 8.38. The van der Waals surface area contributed by atoms with Crippen LogP contribution >= 0.6 is 12.4 Å². The summed E-state index contributed by atoms with van der Waals surface area (Å²) in [4.78, 5) is 2.38. The number of rotatable bonds is 3. The average Bonchev–Trinajstić information content (AvgIpc) is 2.09. The molecule has 1 rings (SSSR count). The molecule has 3 heteroatoms. The minimum absolute atomic E-state index is 0. The van der Waals surface area contributed by atoms with Gasteiger partial charge in [-0.3, -0.25) is 4.90 Å². The van der Waals surface area contributed by atoms with E-state index in [9.17, 15) is 0 Å². The number of likely N-dealkylation sites (N-methyl/N-ethyl adjacent to an activating group) is 1. The highest BCUT2D eigenvalue weighted by atomic mass is 35.5. The molecule has 0 heterocycles. The van der Waals surface area contributed by atoms with Crippen molar-refractivity contribution in [2.45, 2.75) is 32.4 Å². The van der Waals surface area contributed by atoms with Gasteiger partial charge in [-0.25, -0.2) is 0 Å². The second-order valence-electron chi connectivity index (χ2n) is 3.78. The predicted molar refractivity (Wildman–Crippen MR) is 64.8 cm³/mol. The molecule has 0 aromatic carbocycles. The zero-order valence-corrected chi connectivity index (χ0v) is 10.1. The van der Waals surface area contributed by atoms with Crippen molar-refractivity contribution in [3.63, 3.8) is 0 Å². The van der Waals surface area contributed by atoms with E-state index in [0.29, 0.717) is 6.04 Å². The van der Waals surface area contributed by atoms with Crippen molar-refractivity contribution in [2.24, 2.45) is 5.73 Å². The van der Waals surface area contributed by atoms with Gasteiger partial charge in [0.15, 0.2) is 0 Å². The number of halogens is 1. The molecule has 1 aliphatic carbocycles. The highest BCUT2D eigenvalue weighted by Gasteiger charge is 2.30. The van der Waals surface area contributed by atoms with Crippen LogP contribution in [0.5, 0.6) is 0 Å². The summed E-state index contributed by atoms with van der Waals surface area (Å²) in [5.41, 5.74) is 5.97. The number of hydrogen-bond donors (Lipinski definition) is 1. The van der Waals surface area contributed by atoms with E-state index in [1.807, 2.05) is 6.08 Å². The number of nitrogens with zero attached hydrogens (tertiary/aromatic N) is 1. The molecule has 0 aromatic rings. The minimum atomic E-state index is -0.221. The Balaban J connectivity index is 0.00000169. The third kappa shape index (κ3) is 2.84. The number of allylic oxidation sites excluding steroid dienone is 2. The van der Waals surface area contributed by atoms with E-state index in [4.69, 9.17) is 5.73 Å². The van der Waals surface area contributed by atoms with Crippen LogP contribution in [0.2, 0.25) is 0 Å². The van der Waals surface area contributed by atoms with Gasteiger partial charge in [0.05, 0.1) is 5.54 Å². The maximum Gasteiger partial charge on any atom is 0.0507 e. The summed E-state index contributed by atoms with van der Waals surface area (Å²) in [5.74, 6) is 0. The van der Waals surface area contributed by atoms with Gasteiger partial charge in [-0.1, -0.05) is 38.2 Å². The number of nitrogens with two attached hydrogens (primary N) is 1. The van der Waals surface area contributed by atoms with Crippen molar-refractivity contribution >= 4 is 12.4 Å². The fourth-order valence-corrected chi connectivity index (χ4v) is 1.87. The van der Waals surface area contributed by atoms with Crippen LogP contribution < -0.4 is 5.73 Å². The second-order valence-corrected chi connectivity index (χ2v) is 3.78. The molecule has 0 bridgehead atoms. The Kier molecular flexibility index (Phi) is 5.42. The molecule has 2 nitrogen and oxygen atoms in total. The summed E-state index contributed by atoms with van der Waals surface area (Å²) in [7, 11) is 0. The molecule has 14 heavy (non-hydrogen) atoms. The molecule has 1 aliphatic rings. The Morgan fingerprint density at radius 3 is 2.29 bits per heavy atom. The first kappa shape index (κ1) is 13.7. The number of hydrogen-bond acceptors (Lipinski definition) is 2. The van der Waals surface area contributed by atoms with Crippen LogP contribution in [0.1, 0.15) is 20.8 Å². The van der Waals surface area contributed by atoms with Crippen LogP contribution in [0.15, 0.2) is 24.3 Å². The smallest absolute Gasteiger partial charge is 0.0507 e. The van der Waals surface area contributed by atoms with Gasteiger partial charge in [0.25, 0.3) is 0 Å². The van der Waals surface area contributed by atoms with Crippen LogP contribution in [0.25, 0.3) is 0 Å². The van der Waals surface area contributed by atoms with E-state index in [-0.39, 0.29) is 17.9 Å². The molecule has 0 fully saturated rings. The van der Waals surface area contributed by atoms with Gasteiger partial charge in [-0.05, 0) is 20.0 Å². The van der Waals surface area contributed by atoms with E-state index in [1.54, 1.807) is 0 Å². The Bertz CT molecular complexity index is 217. The maximum atomic E-state index is 6.19. The van der Waals surface area contributed by atoms with Crippen molar-refractivity contribution in [3.05, 3.63) is 24.3 Å². The first-order valence-corrected chi connectivity index (χ1v) is 5.00. The topological polar surface area (TPSA) is 29.3 Å². The van der Waals surface area contributed by atoms with E-state index in [0.717, 1.165) is 13.1 Å². The van der Waals surface area contributed by atoms with E-state index in [2.05, 4.69) is 43.9 Å².